The Bertz CT molecular complexity index is 1510. The Balaban J connectivity index is 1.69. The number of carbonyl (C=O) groups is 2. The molecule has 0 atom stereocenters. The summed E-state index contributed by atoms with van der Waals surface area (Å²) in [5.74, 6) is -0.0132. The predicted molar refractivity (Wildman–Crippen MR) is 155 cm³/mol. The standard InChI is InChI=1S/C28H34N4O5S2/c1-17(2)37-27(34)30-22-12-9-19(14-18(22)3)26-29-16-23(38-26)21-11-10-20(32-13-7-8-25(32)33)15-24(21)39(35,36)31-28(4,5)6/h9-12,14-17,31H,7-8,13H2,1-6H3,(H,30,34). The van der Waals surface area contributed by atoms with Gasteiger partial charge in [-0.1, -0.05) is 6.07 Å². The van der Waals surface area contributed by atoms with Crippen molar-refractivity contribution in [3.05, 3.63) is 48.2 Å². The van der Waals surface area contributed by atoms with Gasteiger partial charge < -0.3 is 9.64 Å². The molecule has 2 N–H and O–H groups in total. The lowest BCUT2D eigenvalue weighted by Gasteiger charge is -2.23. The predicted octanol–water partition coefficient (Wildman–Crippen LogP) is 5.95. The van der Waals surface area contributed by atoms with Crippen LogP contribution in [-0.2, 0) is 19.6 Å². The van der Waals surface area contributed by atoms with Crippen LogP contribution in [0.5, 0.6) is 0 Å². The minimum Gasteiger partial charge on any atom is -0.447 e. The van der Waals surface area contributed by atoms with Crippen LogP contribution >= 0.6 is 11.3 Å². The first-order valence-electron chi connectivity index (χ1n) is 12.8. The number of nitrogens with one attached hydrogen (secondary N) is 2. The van der Waals surface area contributed by atoms with Gasteiger partial charge in [0.25, 0.3) is 0 Å². The van der Waals surface area contributed by atoms with Crippen molar-refractivity contribution in [2.24, 2.45) is 0 Å². The Kier molecular flexibility index (Phi) is 8.15. The second-order valence-corrected chi connectivity index (χ2v) is 13.5. The van der Waals surface area contributed by atoms with Gasteiger partial charge in [0.05, 0.1) is 15.9 Å². The highest BCUT2D eigenvalue weighted by molar-refractivity contribution is 7.89. The van der Waals surface area contributed by atoms with E-state index in [9.17, 15) is 18.0 Å². The molecule has 1 aliphatic heterocycles. The third kappa shape index (κ3) is 6.84. The van der Waals surface area contributed by atoms with Gasteiger partial charge in [-0.2, -0.15) is 0 Å². The quantitative estimate of drug-likeness (QED) is 0.363. The number of aryl methyl sites for hydroxylation is 1. The van der Waals surface area contributed by atoms with Crippen molar-refractivity contribution in [2.45, 2.75) is 70.9 Å². The van der Waals surface area contributed by atoms with E-state index < -0.39 is 21.7 Å². The van der Waals surface area contributed by atoms with Crippen molar-refractivity contribution < 1.29 is 22.7 Å². The van der Waals surface area contributed by atoms with Gasteiger partial charge in [-0.25, -0.2) is 22.9 Å². The topological polar surface area (TPSA) is 118 Å². The molecule has 0 radical (unpaired) electrons. The highest BCUT2D eigenvalue weighted by Crippen LogP contribution is 2.38. The molecule has 1 aromatic heterocycles. The van der Waals surface area contributed by atoms with Crippen LogP contribution in [0.2, 0.25) is 0 Å². The van der Waals surface area contributed by atoms with E-state index in [4.69, 9.17) is 4.74 Å². The molecule has 1 saturated heterocycles. The monoisotopic (exact) mass is 570 g/mol. The molecule has 9 nitrogen and oxygen atoms in total. The van der Waals surface area contributed by atoms with Gasteiger partial charge in [-0.3, -0.25) is 10.1 Å². The molecule has 208 valence electrons. The van der Waals surface area contributed by atoms with Gasteiger partial charge in [0.2, 0.25) is 15.9 Å². The number of thiazole rings is 1. The molecule has 2 aromatic carbocycles. The third-order valence-corrected chi connectivity index (χ3v) is 8.78. The van der Waals surface area contributed by atoms with Gasteiger partial charge in [0, 0.05) is 47.2 Å². The number of aromatic nitrogens is 1. The Hall–Kier alpha value is -3.28. The zero-order valence-corrected chi connectivity index (χ0v) is 24.6. The van der Waals surface area contributed by atoms with E-state index in [1.165, 1.54) is 11.3 Å². The molecule has 1 aliphatic rings. The summed E-state index contributed by atoms with van der Waals surface area (Å²) in [7, 11) is -3.92. The second kappa shape index (κ2) is 11.1. The van der Waals surface area contributed by atoms with Crippen LogP contribution in [0.25, 0.3) is 21.0 Å². The summed E-state index contributed by atoms with van der Waals surface area (Å²) in [6.45, 7) is 11.4. The van der Waals surface area contributed by atoms with Crippen LogP contribution in [0.4, 0.5) is 16.2 Å². The van der Waals surface area contributed by atoms with Crippen LogP contribution in [-0.4, -0.2) is 43.6 Å². The van der Waals surface area contributed by atoms with Gasteiger partial charge in [0.1, 0.15) is 5.01 Å². The Labute approximate surface area is 233 Å². The summed E-state index contributed by atoms with van der Waals surface area (Å²) in [6.07, 6.45) is 2.11. The van der Waals surface area contributed by atoms with E-state index in [1.54, 1.807) is 70.0 Å². The first-order chi connectivity index (χ1) is 18.2. The molecule has 11 heteroatoms. The van der Waals surface area contributed by atoms with Gasteiger partial charge in [-0.05, 0) is 83.9 Å². The first kappa shape index (κ1) is 28.7. The number of hydrogen-bond acceptors (Lipinski definition) is 7. The molecule has 1 fully saturated rings. The van der Waals surface area contributed by atoms with Gasteiger partial charge in [-0.15, -0.1) is 11.3 Å². The van der Waals surface area contributed by atoms with E-state index in [1.807, 2.05) is 19.1 Å². The summed E-state index contributed by atoms with van der Waals surface area (Å²) in [5, 5.41) is 3.45. The van der Waals surface area contributed by atoms with Crippen LogP contribution in [0.15, 0.2) is 47.5 Å². The highest BCUT2D eigenvalue weighted by Gasteiger charge is 2.29. The van der Waals surface area contributed by atoms with Crippen LogP contribution in [0.3, 0.4) is 0 Å². The molecule has 39 heavy (non-hydrogen) atoms. The number of anilines is 2. The van der Waals surface area contributed by atoms with Crippen molar-refractivity contribution in [1.82, 2.24) is 9.71 Å². The van der Waals surface area contributed by atoms with Crippen LogP contribution in [0, 0.1) is 6.92 Å². The summed E-state index contributed by atoms with van der Waals surface area (Å²) >= 11 is 1.37. The van der Waals surface area contributed by atoms with E-state index in [-0.39, 0.29) is 16.9 Å². The molecule has 0 saturated carbocycles. The molecule has 4 rings (SSSR count). The third-order valence-electron chi connectivity index (χ3n) is 5.90. The lowest BCUT2D eigenvalue weighted by Crippen LogP contribution is -2.40. The molecule has 2 heterocycles. The highest BCUT2D eigenvalue weighted by atomic mass is 32.2. The fourth-order valence-corrected chi connectivity index (χ4v) is 6.98. The number of nitrogens with zero attached hydrogens (tertiary/aromatic N) is 2. The number of rotatable bonds is 7. The summed E-state index contributed by atoms with van der Waals surface area (Å²) in [4.78, 5) is 31.3. The first-order valence-corrected chi connectivity index (χ1v) is 15.1. The summed E-state index contributed by atoms with van der Waals surface area (Å²) in [5.41, 5.74) is 2.69. The van der Waals surface area contributed by atoms with Crippen molar-refractivity contribution in [3.8, 4) is 21.0 Å². The molecule has 0 aliphatic carbocycles. The van der Waals surface area contributed by atoms with Crippen molar-refractivity contribution >= 4 is 44.7 Å². The number of benzene rings is 2. The maximum absolute atomic E-state index is 13.5. The molecule has 0 unspecified atom stereocenters. The smallest absolute Gasteiger partial charge is 0.411 e. The average molecular weight is 571 g/mol. The second-order valence-electron chi connectivity index (χ2n) is 10.8. The van der Waals surface area contributed by atoms with E-state index in [0.29, 0.717) is 39.8 Å². The molecule has 2 amide bonds. The molecule has 3 aromatic rings. The Morgan fingerprint density at radius 2 is 1.90 bits per heavy atom. The average Bonchev–Trinajstić information content (AvgIpc) is 3.47. The number of hydrogen-bond donors (Lipinski definition) is 2. The van der Waals surface area contributed by atoms with Crippen molar-refractivity contribution in [2.75, 3.05) is 16.8 Å². The normalized spacial score (nSPS) is 14.2. The summed E-state index contributed by atoms with van der Waals surface area (Å²) in [6, 6.07) is 10.7. The molecule has 0 spiro atoms. The van der Waals surface area contributed by atoms with E-state index in [2.05, 4.69) is 15.0 Å². The SMILES string of the molecule is Cc1cc(-c2ncc(-c3ccc(N4CCCC4=O)cc3S(=O)(=O)NC(C)(C)C)s2)ccc1NC(=O)OC(C)C. The van der Waals surface area contributed by atoms with Crippen LogP contribution < -0.4 is 14.9 Å². The molecular weight excluding hydrogens is 536 g/mol. The minimum absolute atomic E-state index is 0.0132. The van der Waals surface area contributed by atoms with Crippen molar-refractivity contribution in [1.29, 1.82) is 0 Å². The fourth-order valence-electron chi connectivity index (χ4n) is 4.31. The van der Waals surface area contributed by atoms with Gasteiger partial charge >= 0.3 is 6.09 Å². The number of sulfonamides is 1. The van der Waals surface area contributed by atoms with E-state index >= 15 is 0 Å². The zero-order valence-electron chi connectivity index (χ0n) is 23.0. The minimum atomic E-state index is -3.92. The lowest BCUT2D eigenvalue weighted by molar-refractivity contribution is -0.117. The lowest BCUT2D eigenvalue weighted by atomic mass is 10.1. The summed E-state index contributed by atoms with van der Waals surface area (Å²) < 4.78 is 35.0. The van der Waals surface area contributed by atoms with E-state index in [0.717, 1.165) is 17.5 Å². The molecular formula is C28H34N4O5S2. The van der Waals surface area contributed by atoms with Crippen LogP contribution in [0.1, 0.15) is 53.0 Å². The number of ether oxygens (including phenoxy) is 1. The number of carbonyl (C=O) groups excluding carboxylic acids is 2. The van der Waals surface area contributed by atoms with Gasteiger partial charge in [0.15, 0.2) is 0 Å². The fraction of sp³-hybridized carbons (Fsp3) is 0.393. The maximum atomic E-state index is 13.5. The Morgan fingerprint density at radius 3 is 2.51 bits per heavy atom. The Morgan fingerprint density at radius 1 is 1.15 bits per heavy atom. The maximum Gasteiger partial charge on any atom is 0.411 e. The zero-order chi connectivity index (χ0) is 28.5. The largest absolute Gasteiger partial charge is 0.447 e. The number of amides is 2. The van der Waals surface area contributed by atoms with Crippen molar-refractivity contribution in [3.63, 3.8) is 0 Å². The molecule has 0 bridgehead atoms.